The van der Waals surface area contributed by atoms with Crippen LogP contribution in [0.5, 0.6) is 0 Å². The van der Waals surface area contributed by atoms with Gasteiger partial charge in [0.1, 0.15) is 18.0 Å². The molecule has 62 heavy (non-hydrogen) atoms. The number of aliphatic hydroxyl groups excluding tert-OH is 1. The van der Waals surface area contributed by atoms with Crippen molar-refractivity contribution in [2.45, 2.75) is 168 Å². The van der Waals surface area contributed by atoms with Gasteiger partial charge in [-0.15, -0.1) is 0 Å². The monoisotopic (exact) mass is 888 g/mol. The van der Waals surface area contributed by atoms with E-state index in [1.54, 1.807) is 36.8 Å². The molecule has 0 saturated carbocycles. The molecule has 14 nitrogen and oxygen atoms in total. The first kappa shape index (κ1) is 49.9. The van der Waals surface area contributed by atoms with Crippen LogP contribution in [0, 0.1) is 35.5 Å². The number of fused-ring (bicyclic) bond motifs is 1. The largest absolute Gasteiger partial charge is 0.458 e. The van der Waals surface area contributed by atoms with Crippen molar-refractivity contribution < 1.29 is 43.2 Å². The third-order valence-electron chi connectivity index (χ3n) is 14.6. The van der Waals surface area contributed by atoms with E-state index in [2.05, 4.69) is 30.7 Å². The van der Waals surface area contributed by atoms with E-state index in [0.29, 0.717) is 56.6 Å². The molecule has 5 rings (SSSR count). The second-order valence-corrected chi connectivity index (χ2v) is 19.8. The summed E-state index contributed by atoms with van der Waals surface area (Å²) in [6.45, 7) is 20.6. The molecule has 0 radical (unpaired) electrons. The number of hydrogen-bond donors (Lipinski definition) is 1. The number of rotatable bonds is 11. The number of imidazole rings is 1. The molecular formula is C47H74ClN5O9. The second-order valence-electron chi connectivity index (χ2n) is 19.4. The smallest absolute Gasteiger partial charge is 0.410 e. The van der Waals surface area contributed by atoms with E-state index in [1.807, 2.05) is 78.2 Å². The standard InChI is InChI=1S/C47H74ClN5O9/c1-14-38-47(10)41(53(45(57)62-47)20-16-15-19-52-25-36(50-26-52)34-24-49-18-17-35(34)48)33(8)39(54)29(4)23-46(9,58-13)42(31(6)27(2)21-28(3)32(7)43(56)60-38)61-44-40(55)37(51(11)12)22-30(5)59-44/h17-18,24-33,37-38,40-42,44,55H,14-16,19-23H2,1-13H3/t27?,28?,29-,30-,31+,32-,33+,37+,38-,40-,41-,42-,44?,46+,47-/m1/s1. The molecule has 0 spiro atoms. The number of aromatic nitrogens is 3. The summed E-state index contributed by atoms with van der Waals surface area (Å²) in [7, 11) is 5.53. The maximum absolute atomic E-state index is 15.0. The van der Waals surface area contributed by atoms with Crippen LogP contribution in [-0.2, 0) is 39.8 Å². The third kappa shape index (κ3) is 10.7. The summed E-state index contributed by atoms with van der Waals surface area (Å²) in [5.74, 6) is -2.36. The lowest BCUT2D eigenvalue weighted by Gasteiger charge is -2.48. The fourth-order valence-electron chi connectivity index (χ4n) is 10.4. The van der Waals surface area contributed by atoms with Gasteiger partial charge in [0.25, 0.3) is 0 Å². The van der Waals surface area contributed by atoms with E-state index < -0.39 is 65.7 Å². The molecule has 0 bridgehead atoms. The lowest BCUT2D eigenvalue weighted by atomic mass is 9.71. The Bertz CT molecular complexity index is 1830. The Morgan fingerprint density at radius 1 is 1.00 bits per heavy atom. The van der Waals surface area contributed by atoms with Gasteiger partial charge in [0.2, 0.25) is 0 Å². The number of methoxy groups -OCH3 is 1. The highest BCUT2D eigenvalue weighted by molar-refractivity contribution is 6.33. The number of aryl methyl sites for hydroxylation is 1. The lowest BCUT2D eigenvalue weighted by molar-refractivity contribution is -0.299. The van der Waals surface area contributed by atoms with Gasteiger partial charge in [0.15, 0.2) is 11.9 Å². The van der Waals surface area contributed by atoms with Gasteiger partial charge in [-0.1, -0.05) is 60.1 Å². The minimum atomic E-state index is -1.31. The van der Waals surface area contributed by atoms with Crippen molar-refractivity contribution in [1.82, 2.24) is 24.3 Å². The van der Waals surface area contributed by atoms with Crippen LogP contribution in [0.15, 0.2) is 31.0 Å². The van der Waals surface area contributed by atoms with Crippen LogP contribution in [0.1, 0.15) is 108 Å². The predicted molar refractivity (Wildman–Crippen MR) is 237 cm³/mol. The molecule has 3 aliphatic heterocycles. The number of ether oxygens (including phenoxy) is 5. The highest BCUT2D eigenvalue weighted by Crippen LogP contribution is 2.44. The molecule has 3 saturated heterocycles. The van der Waals surface area contributed by atoms with Crippen LogP contribution < -0.4 is 0 Å². The molecule has 1 amide bonds. The zero-order valence-electron chi connectivity index (χ0n) is 39.4. The number of likely N-dealkylation sites (N-methyl/N-ethyl adjacent to an activating group) is 1. The fraction of sp³-hybridized carbons (Fsp3) is 0.766. The first-order chi connectivity index (χ1) is 29.2. The number of hydrogen-bond acceptors (Lipinski definition) is 12. The van der Waals surface area contributed by atoms with Gasteiger partial charge in [0.05, 0.1) is 46.8 Å². The molecule has 3 aliphatic rings. The van der Waals surface area contributed by atoms with Crippen molar-refractivity contribution in [2.75, 3.05) is 27.7 Å². The topological polar surface area (TPSA) is 155 Å². The highest BCUT2D eigenvalue weighted by atomic mass is 35.5. The number of cyclic esters (lactones) is 1. The van der Waals surface area contributed by atoms with Gasteiger partial charge in [-0.2, -0.15) is 0 Å². The second kappa shape index (κ2) is 20.8. The van der Waals surface area contributed by atoms with E-state index >= 15 is 0 Å². The van der Waals surface area contributed by atoms with E-state index in [1.165, 1.54) is 0 Å². The number of esters is 1. The Hall–Kier alpha value is -3.14. The molecule has 15 atom stereocenters. The van der Waals surface area contributed by atoms with Crippen LogP contribution in [0.3, 0.4) is 0 Å². The summed E-state index contributed by atoms with van der Waals surface area (Å²) in [5.41, 5.74) is -0.850. The van der Waals surface area contributed by atoms with Gasteiger partial charge in [-0.05, 0) is 97.2 Å². The van der Waals surface area contributed by atoms with Crippen molar-refractivity contribution in [3.8, 4) is 11.3 Å². The van der Waals surface area contributed by atoms with E-state index in [0.717, 1.165) is 11.3 Å². The van der Waals surface area contributed by atoms with Crippen molar-refractivity contribution >= 4 is 29.4 Å². The Balaban J connectivity index is 1.45. The van der Waals surface area contributed by atoms with Crippen LogP contribution in [0.25, 0.3) is 11.3 Å². The molecule has 1 N–H and O–H groups in total. The SMILES string of the molecule is CC[C@H]1OC(=O)[C@H](C)C(C)CC(C)[C@H](C)[C@@H](OC2O[C@H](C)C[C@H](N(C)C)[C@H]2O)[C@@](C)(OC)C[C@@H](C)C(=O)[C@H](C)[C@H]2N(CCCCn3cnc(-c4cnccc4Cl)c3)C(=O)O[C@]12C. The zero-order chi connectivity index (χ0) is 45.8. The van der Waals surface area contributed by atoms with Gasteiger partial charge in [-0.3, -0.25) is 14.6 Å². The minimum absolute atomic E-state index is 0.0315. The zero-order valence-corrected chi connectivity index (χ0v) is 40.1. The fourth-order valence-corrected chi connectivity index (χ4v) is 10.6. The van der Waals surface area contributed by atoms with Crippen molar-refractivity contribution in [3.63, 3.8) is 0 Å². The molecule has 15 heteroatoms. The quantitative estimate of drug-likeness (QED) is 0.174. The molecule has 3 fully saturated rings. The van der Waals surface area contributed by atoms with Crippen molar-refractivity contribution in [1.29, 1.82) is 0 Å². The molecule has 3 unspecified atom stereocenters. The van der Waals surface area contributed by atoms with Gasteiger partial charge in [-0.25, -0.2) is 9.78 Å². The number of halogens is 1. The predicted octanol–water partition coefficient (Wildman–Crippen LogP) is 7.68. The van der Waals surface area contributed by atoms with Gasteiger partial charge in [0, 0.05) is 62.2 Å². The van der Waals surface area contributed by atoms with Crippen LogP contribution in [0.2, 0.25) is 5.02 Å². The summed E-state index contributed by atoms with van der Waals surface area (Å²) in [5, 5.41) is 12.2. The number of carbonyl (C=O) groups excluding carboxylic acids is 3. The molecular weight excluding hydrogens is 814 g/mol. The van der Waals surface area contributed by atoms with E-state index in [-0.39, 0.29) is 41.7 Å². The summed E-state index contributed by atoms with van der Waals surface area (Å²) in [6, 6.07) is 0.819. The maximum atomic E-state index is 15.0. The molecule has 0 aromatic carbocycles. The average molecular weight is 889 g/mol. The van der Waals surface area contributed by atoms with Crippen LogP contribution in [0.4, 0.5) is 4.79 Å². The minimum Gasteiger partial charge on any atom is -0.458 e. The van der Waals surface area contributed by atoms with Crippen molar-refractivity contribution in [2.24, 2.45) is 35.5 Å². The number of unbranched alkanes of at least 4 members (excludes halogenated alkanes) is 1. The van der Waals surface area contributed by atoms with Crippen molar-refractivity contribution in [3.05, 3.63) is 36.0 Å². The summed E-state index contributed by atoms with van der Waals surface area (Å²) >= 11 is 6.39. The third-order valence-corrected chi connectivity index (χ3v) is 14.9. The Morgan fingerprint density at radius 2 is 1.69 bits per heavy atom. The molecule has 2 aromatic rings. The number of carbonyl (C=O) groups is 3. The number of pyridine rings is 1. The number of Topliss-reactive ketones (excluding diaryl/α,β-unsaturated/α-hetero) is 1. The first-order valence-electron chi connectivity index (χ1n) is 22.7. The first-order valence-corrected chi connectivity index (χ1v) is 23.1. The summed E-state index contributed by atoms with van der Waals surface area (Å²) in [6.07, 6.45) is 6.38. The summed E-state index contributed by atoms with van der Waals surface area (Å²) in [4.78, 5) is 55.5. The number of amides is 1. The molecule has 348 valence electrons. The van der Waals surface area contributed by atoms with Gasteiger partial charge < -0.3 is 43.2 Å². The lowest BCUT2D eigenvalue weighted by Crippen LogP contribution is -2.59. The summed E-state index contributed by atoms with van der Waals surface area (Å²) < 4.78 is 34.3. The number of nitrogens with zero attached hydrogens (tertiary/aromatic N) is 5. The Morgan fingerprint density at radius 3 is 2.34 bits per heavy atom. The number of aliphatic hydroxyl groups is 1. The molecule has 2 aromatic heterocycles. The van der Waals surface area contributed by atoms with Crippen LogP contribution in [-0.4, -0.2) is 129 Å². The Kier molecular flexibility index (Phi) is 16.7. The van der Waals surface area contributed by atoms with E-state index in [9.17, 15) is 19.5 Å². The van der Waals surface area contributed by atoms with Crippen LogP contribution >= 0.6 is 11.6 Å². The average Bonchev–Trinajstić information content (AvgIpc) is 3.80. The molecule has 5 heterocycles. The normalized spacial score (nSPS) is 37.9. The highest BCUT2D eigenvalue weighted by Gasteiger charge is 2.60. The maximum Gasteiger partial charge on any atom is 0.410 e. The van der Waals surface area contributed by atoms with Gasteiger partial charge >= 0.3 is 12.1 Å². The molecule has 0 aliphatic carbocycles. The number of ketones is 1. The van der Waals surface area contributed by atoms with E-state index in [4.69, 9.17) is 35.3 Å². The Labute approximate surface area is 374 Å².